The molecule has 36 heavy (non-hydrogen) atoms. The van der Waals surface area contributed by atoms with Gasteiger partial charge in [0, 0.05) is 5.56 Å². The number of hydrogen-bond donors (Lipinski definition) is 0. The molecule has 1 amide bonds. The van der Waals surface area contributed by atoms with Crippen LogP contribution in [0.4, 0.5) is 19.0 Å². The first-order valence-corrected chi connectivity index (χ1v) is 11.1. The quantitative estimate of drug-likeness (QED) is 0.272. The molecule has 0 spiro atoms. The second kappa shape index (κ2) is 9.52. The van der Waals surface area contributed by atoms with Crippen molar-refractivity contribution in [1.29, 1.82) is 0 Å². The van der Waals surface area contributed by atoms with Crippen LogP contribution in [0.5, 0.6) is 5.75 Å². The maximum atomic E-state index is 13.5. The minimum absolute atomic E-state index is 0.0312. The highest BCUT2D eigenvalue weighted by atomic mass is 19.4. The van der Waals surface area contributed by atoms with Gasteiger partial charge in [-0.3, -0.25) is 19.3 Å². The molecule has 3 aromatic rings. The zero-order valence-electron chi connectivity index (χ0n) is 19.6. The number of nitrogens with zero attached hydrogens (tertiary/aromatic N) is 3. The molecule has 186 valence electrons. The maximum Gasteiger partial charge on any atom is 0.573 e. The van der Waals surface area contributed by atoms with E-state index >= 15 is 0 Å². The van der Waals surface area contributed by atoms with E-state index in [1.807, 2.05) is 26.0 Å². The monoisotopic (exact) mass is 497 g/mol. The topological polar surface area (TPSA) is 89.5 Å². The standard InChI is InChI=1S/C26H22F3N3O4/c1-14(2)16-5-7-17(8-6-16)22-21(23(33)18-9-11-19(12-10-18)36-26(27,28)29)24(34)25(35)32(22)20-13-4-15(3)30-31-20/h4-14,21-22H,1-3H3. The Morgan fingerprint density at radius 2 is 1.58 bits per heavy atom. The van der Waals surface area contributed by atoms with Crippen molar-refractivity contribution in [2.24, 2.45) is 5.92 Å². The lowest BCUT2D eigenvalue weighted by atomic mass is 9.85. The number of carbonyl (C=O) groups is 3. The Morgan fingerprint density at radius 3 is 2.11 bits per heavy atom. The van der Waals surface area contributed by atoms with Crippen LogP contribution in [0, 0.1) is 12.8 Å². The van der Waals surface area contributed by atoms with Gasteiger partial charge >= 0.3 is 6.36 Å². The lowest BCUT2D eigenvalue weighted by Crippen LogP contribution is -2.31. The molecule has 2 heterocycles. The number of ether oxygens (including phenoxy) is 1. The summed E-state index contributed by atoms with van der Waals surface area (Å²) in [6.07, 6.45) is -4.89. The van der Waals surface area contributed by atoms with Gasteiger partial charge in [-0.1, -0.05) is 38.1 Å². The van der Waals surface area contributed by atoms with Gasteiger partial charge in [-0.2, -0.15) is 5.10 Å². The van der Waals surface area contributed by atoms with Crippen LogP contribution in [0.2, 0.25) is 0 Å². The predicted octanol–water partition coefficient (Wildman–Crippen LogP) is 4.96. The van der Waals surface area contributed by atoms with Crippen molar-refractivity contribution in [3.63, 3.8) is 0 Å². The molecule has 1 fully saturated rings. The highest BCUT2D eigenvalue weighted by molar-refractivity contribution is 6.48. The van der Waals surface area contributed by atoms with Crippen LogP contribution in [-0.4, -0.2) is 34.0 Å². The maximum absolute atomic E-state index is 13.5. The molecule has 0 bridgehead atoms. The summed E-state index contributed by atoms with van der Waals surface area (Å²) < 4.78 is 41.3. The van der Waals surface area contributed by atoms with E-state index in [9.17, 15) is 27.6 Å². The first kappa shape index (κ1) is 25.0. The number of Topliss-reactive ketones (excluding diaryl/α,β-unsaturated/α-hetero) is 2. The van der Waals surface area contributed by atoms with Crippen LogP contribution >= 0.6 is 0 Å². The summed E-state index contributed by atoms with van der Waals surface area (Å²) in [5.74, 6) is -4.14. The van der Waals surface area contributed by atoms with Gasteiger partial charge in [-0.15, -0.1) is 18.3 Å². The number of halogens is 3. The van der Waals surface area contributed by atoms with Crippen LogP contribution in [0.1, 0.15) is 53.0 Å². The van der Waals surface area contributed by atoms with Gasteiger partial charge in [0.25, 0.3) is 5.91 Å². The molecule has 0 aliphatic carbocycles. The van der Waals surface area contributed by atoms with E-state index < -0.39 is 41.5 Å². The number of hydrogen-bond acceptors (Lipinski definition) is 6. The molecule has 1 aliphatic heterocycles. The molecule has 0 radical (unpaired) electrons. The Morgan fingerprint density at radius 1 is 0.944 bits per heavy atom. The highest BCUT2D eigenvalue weighted by Gasteiger charge is 2.53. The molecule has 2 unspecified atom stereocenters. The van der Waals surface area contributed by atoms with Gasteiger partial charge in [0.1, 0.15) is 11.7 Å². The molecular formula is C26H22F3N3O4. The number of rotatable bonds is 6. The smallest absolute Gasteiger partial charge is 0.406 e. The Hall–Kier alpha value is -4.08. The Balaban J connectivity index is 1.76. The molecule has 2 atom stereocenters. The second-order valence-corrected chi connectivity index (χ2v) is 8.75. The number of amides is 1. The van der Waals surface area contributed by atoms with E-state index in [2.05, 4.69) is 14.9 Å². The summed E-state index contributed by atoms with van der Waals surface area (Å²) >= 11 is 0. The minimum Gasteiger partial charge on any atom is -0.406 e. The number of aryl methyl sites for hydroxylation is 1. The molecule has 1 saturated heterocycles. The second-order valence-electron chi connectivity index (χ2n) is 8.75. The van der Waals surface area contributed by atoms with Gasteiger partial charge in [-0.05, 0) is 60.4 Å². The average Bonchev–Trinajstić information content (AvgIpc) is 3.09. The fourth-order valence-electron chi connectivity index (χ4n) is 4.12. The van der Waals surface area contributed by atoms with E-state index in [0.717, 1.165) is 34.7 Å². The van der Waals surface area contributed by atoms with Crippen LogP contribution in [-0.2, 0) is 9.59 Å². The minimum atomic E-state index is -4.89. The van der Waals surface area contributed by atoms with Crippen molar-refractivity contribution < 1.29 is 32.3 Å². The van der Waals surface area contributed by atoms with Crippen LogP contribution in [0.3, 0.4) is 0 Å². The average molecular weight is 497 g/mol. The lowest BCUT2D eigenvalue weighted by molar-refractivity contribution is -0.274. The number of alkyl halides is 3. The number of benzene rings is 2. The van der Waals surface area contributed by atoms with Crippen molar-refractivity contribution in [3.8, 4) is 5.75 Å². The molecule has 0 saturated carbocycles. The fourth-order valence-corrected chi connectivity index (χ4v) is 4.12. The molecule has 7 nitrogen and oxygen atoms in total. The third-order valence-electron chi connectivity index (χ3n) is 5.94. The third-order valence-corrected chi connectivity index (χ3v) is 5.94. The van der Waals surface area contributed by atoms with Crippen molar-refractivity contribution in [1.82, 2.24) is 10.2 Å². The van der Waals surface area contributed by atoms with Crippen LogP contribution in [0.25, 0.3) is 0 Å². The summed E-state index contributed by atoms with van der Waals surface area (Å²) in [6.45, 7) is 5.75. The van der Waals surface area contributed by atoms with E-state index in [1.54, 1.807) is 31.2 Å². The van der Waals surface area contributed by atoms with Crippen molar-refractivity contribution in [3.05, 3.63) is 83.0 Å². The first-order chi connectivity index (χ1) is 17.0. The van der Waals surface area contributed by atoms with Gasteiger partial charge in [0.05, 0.1) is 11.7 Å². The van der Waals surface area contributed by atoms with Crippen molar-refractivity contribution >= 4 is 23.3 Å². The number of ketones is 2. The van der Waals surface area contributed by atoms with Crippen molar-refractivity contribution in [2.45, 2.75) is 39.1 Å². The zero-order valence-corrected chi connectivity index (χ0v) is 19.6. The van der Waals surface area contributed by atoms with E-state index in [-0.39, 0.29) is 17.3 Å². The number of aromatic nitrogens is 2. The van der Waals surface area contributed by atoms with Gasteiger partial charge < -0.3 is 4.74 Å². The number of carbonyl (C=O) groups excluding carboxylic acids is 3. The van der Waals surface area contributed by atoms with Crippen LogP contribution < -0.4 is 9.64 Å². The summed E-state index contributed by atoms with van der Waals surface area (Å²) in [7, 11) is 0. The molecule has 1 aromatic heterocycles. The fraction of sp³-hybridized carbons (Fsp3) is 0.269. The molecule has 4 rings (SSSR count). The third kappa shape index (κ3) is 4.98. The van der Waals surface area contributed by atoms with E-state index in [0.29, 0.717) is 11.3 Å². The van der Waals surface area contributed by atoms with Crippen LogP contribution in [0.15, 0.2) is 60.7 Å². The summed E-state index contributed by atoms with van der Waals surface area (Å²) in [5.41, 5.74) is 2.13. The number of anilines is 1. The Labute approximate surface area is 204 Å². The lowest BCUT2D eigenvalue weighted by Gasteiger charge is -2.26. The van der Waals surface area contributed by atoms with Gasteiger partial charge in [-0.25, -0.2) is 0 Å². The first-order valence-electron chi connectivity index (χ1n) is 11.1. The van der Waals surface area contributed by atoms with E-state index in [1.165, 1.54) is 0 Å². The molecule has 0 N–H and O–H groups in total. The normalized spacial score (nSPS) is 18.1. The summed E-state index contributed by atoms with van der Waals surface area (Å²) in [6, 6.07) is 13.6. The van der Waals surface area contributed by atoms with Gasteiger partial charge in [0.15, 0.2) is 11.6 Å². The highest BCUT2D eigenvalue weighted by Crippen LogP contribution is 2.41. The molecule has 1 aliphatic rings. The van der Waals surface area contributed by atoms with E-state index in [4.69, 9.17) is 0 Å². The molecular weight excluding hydrogens is 475 g/mol. The molecule has 10 heteroatoms. The SMILES string of the molecule is Cc1ccc(N2C(=O)C(=O)C(C(=O)c3ccc(OC(F)(F)F)cc3)C2c2ccc(C(C)C)cc2)nn1. The predicted molar refractivity (Wildman–Crippen MR) is 123 cm³/mol. The Bertz CT molecular complexity index is 1290. The summed E-state index contributed by atoms with van der Waals surface area (Å²) in [4.78, 5) is 40.9. The Kier molecular flexibility index (Phi) is 6.62. The summed E-state index contributed by atoms with van der Waals surface area (Å²) in [5, 5.41) is 8.02. The van der Waals surface area contributed by atoms with Gasteiger partial charge in [0.2, 0.25) is 5.78 Å². The zero-order chi connectivity index (χ0) is 26.2. The van der Waals surface area contributed by atoms with Crippen molar-refractivity contribution in [2.75, 3.05) is 4.90 Å². The molecule has 2 aromatic carbocycles. The largest absolute Gasteiger partial charge is 0.573 e.